The summed E-state index contributed by atoms with van der Waals surface area (Å²) in [5.74, 6) is -0.188. The lowest BCUT2D eigenvalue weighted by atomic mass is 9.81. The molecule has 1 heterocycles. The summed E-state index contributed by atoms with van der Waals surface area (Å²) < 4.78 is 5.73. The van der Waals surface area contributed by atoms with Crippen LogP contribution in [0.4, 0.5) is 0 Å². The quantitative estimate of drug-likeness (QED) is 0.899. The van der Waals surface area contributed by atoms with Crippen LogP contribution >= 0.6 is 0 Å². The van der Waals surface area contributed by atoms with Gasteiger partial charge in [-0.1, -0.05) is 18.2 Å². The van der Waals surface area contributed by atoms with Gasteiger partial charge >= 0.3 is 5.97 Å². The number of hydrogen-bond acceptors (Lipinski definition) is 3. The maximum absolute atomic E-state index is 12.6. The second-order valence-corrected chi connectivity index (χ2v) is 6.48. The van der Waals surface area contributed by atoms with Crippen molar-refractivity contribution in [2.75, 3.05) is 6.61 Å². The molecule has 5 heteroatoms. The molecule has 1 atom stereocenters. The van der Waals surface area contributed by atoms with Gasteiger partial charge in [0, 0.05) is 11.5 Å². The van der Waals surface area contributed by atoms with E-state index < -0.39 is 5.97 Å². The van der Waals surface area contributed by atoms with Gasteiger partial charge in [0.05, 0.1) is 18.6 Å². The van der Waals surface area contributed by atoms with E-state index in [1.54, 1.807) is 0 Å². The predicted molar refractivity (Wildman–Crippen MR) is 85.1 cm³/mol. The molecule has 0 spiro atoms. The minimum absolute atomic E-state index is 0.0154. The molecule has 1 saturated carbocycles. The maximum Gasteiger partial charge on any atom is 0.306 e. The average molecular weight is 317 g/mol. The Labute approximate surface area is 136 Å². The number of hydrogen-bond donors (Lipinski definition) is 2. The minimum atomic E-state index is -0.737. The summed E-state index contributed by atoms with van der Waals surface area (Å²) in [6.45, 7) is 0.674. The van der Waals surface area contributed by atoms with Crippen LogP contribution in [-0.2, 0) is 9.59 Å². The van der Waals surface area contributed by atoms with Gasteiger partial charge in [0.1, 0.15) is 5.75 Å². The Morgan fingerprint density at radius 2 is 1.74 bits per heavy atom. The van der Waals surface area contributed by atoms with Gasteiger partial charge in [-0.05, 0) is 44.6 Å². The SMILES string of the molecule is O=C(O)C1CCC(C(=O)NC2CCCOc3ccccc32)CC1. The van der Waals surface area contributed by atoms with Gasteiger partial charge in [-0.2, -0.15) is 0 Å². The largest absolute Gasteiger partial charge is 0.493 e. The van der Waals surface area contributed by atoms with Gasteiger partial charge in [0.25, 0.3) is 0 Å². The number of carbonyl (C=O) groups excluding carboxylic acids is 1. The van der Waals surface area contributed by atoms with E-state index in [9.17, 15) is 9.59 Å². The monoisotopic (exact) mass is 317 g/mol. The van der Waals surface area contributed by atoms with Crippen molar-refractivity contribution in [3.63, 3.8) is 0 Å². The van der Waals surface area contributed by atoms with E-state index in [0.717, 1.165) is 24.2 Å². The van der Waals surface area contributed by atoms with E-state index in [-0.39, 0.29) is 23.8 Å². The third-order valence-electron chi connectivity index (χ3n) is 4.95. The average Bonchev–Trinajstić information content (AvgIpc) is 2.77. The van der Waals surface area contributed by atoms with Crippen molar-refractivity contribution in [1.29, 1.82) is 0 Å². The summed E-state index contributed by atoms with van der Waals surface area (Å²) >= 11 is 0. The molecular weight excluding hydrogens is 294 g/mol. The summed E-state index contributed by atoms with van der Waals surface area (Å²) in [6.07, 6.45) is 4.29. The van der Waals surface area contributed by atoms with Crippen LogP contribution in [0.5, 0.6) is 5.75 Å². The molecule has 1 unspecified atom stereocenters. The number of amides is 1. The van der Waals surface area contributed by atoms with Crippen LogP contribution in [0.3, 0.4) is 0 Å². The van der Waals surface area contributed by atoms with Crippen molar-refractivity contribution in [1.82, 2.24) is 5.32 Å². The molecule has 1 amide bonds. The molecule has 1 aromatic rings. The van der Waals surface area contributed by atoms with Gasteiger partial charge in [-0.25, -0.2) is 0 Å². The van der Waals surface area contributed by atoms with Crippen molar-refractivity contribution >= 4 is 11.9 Å². The molecule has 0 saturated heterocycles. The van der Waals surface area contributed by atoms with E-state index >= 15 is 0 Å². The number of nitrogens with one attached hydrogen (secondary N) is 1. The van der Waals surface area contributed by atoms with Crippen LogP contribution in [0.2, 0.25) is 0 Å². The number of ether oxygens (including phenoxy) is 1. The third kappa shape index (κ3) is 3.66. The first-order valence-electron chi connectivity index (χ1n) is 8.40. The van der Waals surface area contributed by atoms with Crippen LogP contribution in [-0.4, -0.2) is 23.6 Å². The fourth-order valence-electron chi connectivity index (χ4n) is 3.57. The molecule has 1 aliphatic carbocycles. The summed E-state index contributed by atoms with van der Waals surface area (Å²) in [4.78, 5) is 23.6. The number of carboxylic acid groups (broad SMARTS) is 1. The Bertz CT molecular complexity index is 578. The smallest absolute Gasteiger partial charge is 0.306 e. The van der Waals surface area contributed by atoms with Crippen molar-refractivity contribution < 1.29 is 19.4 Å². The van der Waals surface area contributed by atoms with Gasteiger partial charge < -0.3 is 15.2 Å². The summed E-state index contributed by atoms with van der Waals surface area (Å²) in [5.41, 5.74) is 1.04. The fourth-order valence-corrected chi connectivity index (χ4v) is 3.57. The number of aliphatic carboxylic acids is 1. The zero-order valence-corrected chi connectivity index (χ0v) is 13.2. The van der Waals surface area contributed by atoms with Gasteiger partial charge in [0.2, 0.25) is 5.91 Å². The van der Waals surface area contributed by atoms with Crippen LogP contribution in [0, 0.1) is 11.8 Å². The maximum atomic E-state index is 12.6. The number of para-hydroxylation sites is 1. The lowest BCUT2D eigenvalue weighted by Crippen LogP contribution is -2.36. The Morgan fingerprint density at radius 1 is 1.04 bits per heavy atom. The molecule has 0 radical (unpaired) electrons. The first kappa shape index (κ1) is 15.8. The number of fused-ring (bicyclic) bond motifs is 1. The summed E-state index contributed by atoms with van der Waals surface area (Å²) in [7, 11) is 0. The van der Waals surface area contributed by atoms with Crippen molar-refractivity contribution in [2.24, 2.45) is 11.8 Å². The molecule has 2 N–H and O–H groups in total. The van der Waals surface area contributed by atoms with Crippen LogP contribution in [0.25, 0.3) is 0 Å². The zero-order chi connectivity index (χ0) is 16.2. The molecule has 5 nitrogen and oxygen atoms in total. The molecule has 124 valence electrons. The van der Waals surface area contributed by atoms with Gasteiger partial charge in [-0.3, -0.25) is 9.59 Å². The molecule has 2 aliphatic rings. The first-order chi connectivity index (χ1) is 11.1. The Morgan fingerprint density at radius 3 is 2.48 bits per heavy atom. The molecule has 3 rings (SSSR count). The molecule has 1 aliphatic heterocycles. The Kier molecular flexibility index (Phi) is 4.84. The first-order valence-corrected chi connectivity index (χ1v) is 8.40. The second kappa shape index (κ2) is 7.02. The lowest BCUT2D eigenvalue weighted by Gasteiger charge is -2.27. The summed E-state index contributed by atoms with van der Waals surface area (Å²) in [5, 5.41) is 12.2. The van der Waals surface area contributed by atoms with Crippen molar-refractivity contribution in [2.45, 2.75) is 44.6 Å². The van der Waals surface area contributed by atoms with Crippen LogP contribution < -0.4 is 10.1 Å². The highest BCUT2D eigenvalue weighted by atomic mass is 16.5. The molecule has 0 aromatic heterocycles. The molecule has 0 bridgehead atoms. The topological polar surface area (TPSA) is 75.6 Å². The van der Waals surface area contributed by atoms with E-state index in [2.05, 4.69) is 5.32 Å². The van der Waals surface area contributed by atoms with Gasteiger partial charge in [-0.15, -0.1) is 0 Å². The van der Waals surface area contributed by atoms with E-state index in [1.165, 1.54) is 0 Å². The fraction of sp³-hybridized carbons (Fsp3) is 0.556. The third-order valence-corrected chi connectivity index (χ3v) is 4.95. The van der Waals surface area contributed by atoms with Crippen LogP contribution in [0.1, 0.15) is 50.1 Å². The highest BCUT2D eigenvalue weighted by Crippen LogP contribution is 2.33. The van der Waals surface area contributed by atoms with Crippen molar-refractivity contribution in [3.8, 4) is 5.75 Å². The second-order valence-electron chi connectivity index (χ2n) is 6.48. The highest BCUT2D eigenvalue weighted by Gasteiger charge is 2.31. The number of carboxylic acids is 1. The predicted octanol–water partition coefficient (Wildman–Crippen LogP) is 2.91. The summed E-state index contributed by atoms with van der Waals surface area (Å²) in [6, 6.07) is 7.84. The highest BCUT2D eigenvalue weighted by molar-refractivity contribution is 5.80. The molecule has 1 aromatic carbocycles. The van der Waals surface area contributed by atoms with Crippen molar-refractivity contribution in [3.05, 3.63) is 29.8 Å². The molecule has 1 fully saturated rings. The minimum Gasteiger partial charge on any atom is -0.493 e. The molecular formula is C18H23NO4. The Hall–Kier alpha value is -2.04. The number of benzene rings is 1. The van der Waals surface area contributed by atoms with Crippen LogP contribution in [0.15, 0.2) is 24.3 Å². The Balaban J connectivity index is 1.63. The zero-order valence-electron chi connectivity index (χ0n) is 13.2. The van der Waals surface area contributed by atoms with E-state index in [1.807, 2.05) is 24.3 Å². The van der Waals surface area contributed by atoms with Gasteiger partial charge in [0.15, 0.2) is 0 Å². The molecule has 23 heavy (non-hydrogen) atoms. The number of carbonyl (C=O) groups is 2. The number of rotatable bonds is 3. The van der Waals surface area contributed by atoms with E-state index in [0.29, 0.717) is 32.3 Å². The van der Waals surface area contributed by atoms with E-state index in [4.69, 9.17) is 9.84 Å². The lowest BCUT2D eigenvalue weighted by molar-refractivity contribution is -0.144. The normalized spacial score (nSPS) is 27.2. The standard InChI is InChI=1S/C18H23NO4/c20-17(12-7-9-13(10-8-12)18(21)22)19-15-5-3-11-23-16-6-2-1-4-14(15)16/h1-2,4,6,12-13,15H,3,5,7-11H2,(H,19,20)(H,21,22).